The van der Waals surface area contributed by atoms with Crippen molar-refractivity contribution >= 4 is 5.91 Å². The van der Waals surface area contributed by atoms with Crippen molar-refractivity contribution in [3.05, 3.63) is 17.0 Å². The third-order valence-corrected chi connectivity index (χ3v) is 3.51. The van der Waals surface area contributed by atoms with Gasteiger partial charge in [-0.2, -0.15) is 0 Å². The van der Waals surface area contributed by atoms with E-state index in [4.69, 9.17) is 4.52 Å². The second-order valence-electron chi connectivity index (χ2n) is 5.41. The third-order valence-electron chi connectivity index (χ3n) is 3.51. The number of amides is 1. The zero-order chi connectivity index (χ0) is 14.9. The molecule has 2 rings (SSSR count). The molecule has 1 saturated heterocycles. The number of aryl methyl sites for hydroxylation is 2. The molecule has 0 bridgehead atoms. The zero-order valence-electron chi connectivity index (χ0n) is 11.8. The first-order valence-corrected chi connectivity index (χ1v) is 6.62. The summed E-state index contributed by atoms with van der Waals surface area (Å²) in [5, 5.41) is 9.13. The molecule has 0 radical (unpaired) electrons. The summed E-state index contributed by atoms with van der Waals surface area (Å²) in [6.07, 6.45) is 0.118. The van der Waals surface area contributed by atoms with Gasteiger partial charge in [0.2, 0.25) is 5.91 Å². The summed E-state index contributed by atoms with van der Waals surface area (Å²) < 4.78 is 31.1. The van der Waals surface area contributed by atoms with Gasteiger partial charge in [-0.05, 0) is 27.2 Å². The molecule has 0 spiro atoms. The van der Waals surface area contributed by atoms with Crippen LogP contribution in [0.15, 0.2) is 4.52 Å². The summed E-state index contributed by atoms with van der Waals surface area (Å²) in [7, 11) is 0. The lowest BCUT2D eigenvalue weighted by Gasteiger charge is -2.17. The fourth-order valence-electron chi connectivity index (χ4n) is 2.39. The van der Waals surface area contributed by atoms with E-state index in [0.717, 1.165) is 11.3 Å². The minimum atomic E-state index is -2.80. The summed E-state index contributed by atoms with van der Waals surface area (Å²) in [6.45, 7) is 5.03. The fraction of sp³-hybridized carbons (Fsp3) is 0.692. The third kappa shape index (κ3) is 3.33. The molecule has 112 valence electrons. The molecule has 5 nitrogen and oxygen atoms in total. The average molecular weight is 287 g/mol. The highest BCUT2D eigenvalue weighted by atomic mass is 19.3. The van der Waals surface area contributed by atoms with Crippen LogP contribution in [-0.4, -0.2) is 35.6 Å². The lowest BCUT2D eigenvalue weighted by atomic mass is 10.1. The average Bonchev–Trinajstić information content (AvgIpc) is 2.86. The minimum Gasteiger partial charge on any atom is -0.361 e. The molecule has 20 heavy (non-hydrogen) atoms. The molecule has 2 unspecified atom stereocenters. The predicted molar refractivity (Wildman–Crippen MR) is 68.6 cm³/mol. The Labute approximate surface area is 116 Å². The highest BCUT2D eigenvalue weighted by molar-refractivity contribution is 5.82. The number of hydrogen-bond acceptors (Lipinski definition) is 4. The zero-order valence-corrected chi connectivity index (χ0v) is 11.8. The summed E-state index contributed by atoms with van der Waals surface area (Å²) in [5.41, 5.74) is 1.73. The summed E-state index contributed by atoms with van der Waals surface area (Å²) in [5.74, 6) is -2.47. The molecule has 0 aliphatic carbocycles. The molecule has 2 N–H and O–H groups in total. The van der Waals surface area contributed by atoms with Gasteiger partial charge < -0.3 is 9.84 Å². The number of hydrogen-bond donors (Lipinski definition) is 2. The Kier molecular flexibility index (Phi) is 4.08. The smallest absolute Gasteiger partial charge is 0.262 e. The Morgan fingerprint density at radius 1 is 1.60 bits per heavy atom. The van der Waals surface area contributed by atoms with Crippen LogP contribution in [0, 0.1) is 13.8 Å². The first kappa shape index (κ1) is 14.9. The van der Waals surface area contributed by atoms with Crippen LogP contribution in [0.2, 0.25) is 0 Å². The molecule has 1 aliphatic rings. The van der Waals surface area contributed by atoms with E-state index in [1.807, 2.05) is 20.8 Å². The monoisotopic (exact) mass is 287 g/mol. The van der Waals surface area contributed by atoms with Crippen LogP contribution in [0.4, 0.5) is 8.78 Å². The van der Waals surface area contributed by atoms with Crippen molar-refractivity contribution in [3.8, 4) is 0 Å². The van der Waals surface area contributed by atoms with Gasteiger partial charge >= 0.3 is 0 Å². The summed E-state index contributed by atoms with van der Waals surface area (Å²) >= 11 is 0. The van der Waals surface area contributed by atoms with E-state index in [2.05, 4.69) is 15.8 Å². The Bertz CT molecular complexity index is 482. The summed E-state index contributed by atoms with van der Waals surface area (Å²) in [4.78, 5) is 11.9. The highest BCUT2D eigenvalue weighted by Crippen LogP contribution is 2.25. The van der Waals surface area contributed by atoms with Gasteiger partial charge in [-0.15, -0.1) is 0 Å². The molecular formula is C13H19F2N3O2. The van der Waals surface area contributed by atoms with Crippen molar-refractivity contribution in [1.29, 1.82) is 0 Å². The van der Waals surface area contributed by atoms with E-state index in [9.17, 15) is 13.6 Å². The second-order valence-corrected chi connectivity index (χ2v) is 5.41. The quantitative estimate of drug-likeness (QED) is 0.877. The van der Waals surface area contributed by atoms with Crippen molar-refractivity contribution in [2.24, 2.45) is 0 Å². The van der Waals surface area contributed by atoms with Crippen molar-refractivity contribution in [2.75, 3.05) is 6.54 Å². The van der Waals surface area contributed by atoms with E-state index >= 15 is 0 Å². The van der Waals surface area contributed by atoms with E-state index in [-0.39, 0.29) is 11.9 Å². The van der Waals surface area contributed by atoms with Crippen molar-refractivity contribution < 1.29 is 18.1 Å². The van der Waals surface area contributed by atoms with Crippen LogP contribution in [0.25, 0.3) is 0 Å². The van der Waals surface area contributed by atoms with Crippen molar-refractivity contribution in [2.45, 2.75) is 51.6 Å². The molecule has 2 heterocycles. The molecule has 1 aromatic heterocycles. The topological polar surface area (TPSA) is 67.2 Å². The van der Waals surface area contributed by atoms with Crippen LogP contribution in [0.5, 0.6) is 0 Å². The predicted octanol–water partition coefficient (Wildman–Crippen LogP) is 1.34. The first-order valence-electron chi connectivity index (χ1n) is 6.62. The van der Waals surface area contributed by atoms with Crippen molar-refractivity contribution in [1.82, 2.24) is 15.8 Å². The first-order chi connectivity index (χ1) is 9.28. The summed E-state index contributed by atoms with van der Waals surface area (Å²) in [6, 6.07) is -0.993. The van der Waals surface area contributed by atoms with Crippen molar-refractivity contribution in [3.63, 3.8) is 0 Å². The van der Waals surface area contributed by atoms with Crippen LogP contribution in [-0.2, 0) is 11.2 Å². The maximum absolute atomic E-state index is 13.0. The number of carbonyl (C=O) groups excluding carboxylic acids is 1. The minimum absolute atomic E-state index is 0.171. The number of alkyl halides is 2. The SMILES string of the molecule is Cc1noc(C)c1CC(C)NC(=O)C1CC(F)(F)CN1. The number of rotatable bonds is 4. The van der Waals surface area contributed by atoms with Crippen LogP contribution < -0.4 is 10.6 Å². The van der Waals surface area contributed by atoms with Gasteiger partial charge in [0.15, 0.2) is 0 Å². The van der Waals surface area contributed by atoms with Crippen LogP contribution >= 0.6 is 0 Å². The normalized spacial score (nSPS) is 22.8. The van der Waals surface area contributed by atoms with Gasteiger partial charge in [0.25, 0.3) is 5.92 Å². The fourth-order valence-corrected chi connectivity index (χ4v) is 2.39. The number of nitrogens with one attached hydrogen (secondary N) is 2. The van der Waals surface area contributed by atoms with E-state index in [0.29, 0.717) is 12.2 Å². The highest BCUT2D eigenvalue weighted by Gasteiger charge is 2.42. The number of nitrogens with zero attached hydrogens (tertiary/aromatic N) is 1. The molecular weight excluding hydrogens is 268 g/mol. The lowest BCUT2D eigenvalue weighted by molar-refractivity contribution is -0.124. The van der Waals surface area contributed by atoms with Crippen LogP contribution in [0.1, 0.15) is 30.4 Å². The lowest BCUT2D eigenvalue weighted by Crippen LogP contribution is -2.44. The molecule has 1 aromatic rings. The molecule has 7 heteroatoms. The van der Waals surface area contributed by atoms with Gasteiger partial charge in [0, 0.05) is 18.0 Å². The standard InChI is InChI=1S/C13H19F2N3O2/c1-7(4-10-8(2)18-20-9(10)3)17-12(19)11-5-13(14,15)6-16-11/h7,11,16H,4-6H2,1-3H3,(H,17,19). The Morgan fingerprint density at radius 2 is 2.30 bits per heavy atom. The second kappa shape index (κ2) is 5.47. The maximum atomic E-state index is 13.0. The maximum Gasteiger partial charge on any atom is 0.262 e. The molecule has 1 amide bonds. The number of aromatic nitrogens is 1. The van der Waals surface area contributed by atoms with Gasteiger partial charge in [-0.25, -0.2) is 8.78 Å². The molecule has 1 aliphatic heterocycles. The Balaban J connectivity index is 1.89. The molecule has 2 atom stereocenters. The number of halogens is 2. The van der Waals surface area contributed by atoms with Gasteiger partial charge in [-0.3, -0.25) is 10.1 Å². The van der Waals surface area contributed by atoms with Crippen LogP contribution in [0.3, 0.4) is 0 Å². The van der Waals surface area contributed by atoms with Gasteiger partial charge in [0.1, 0.15) is 5.76 Å². The van der Waals surface area contributed by atoms with E-state index in [1.54, 1.807) is 0 Å². The van der Waals surface area contributed by atoms with E-state index in [1.165, 1.54) is 0 Å². The molecule has 0 saturated carbocycles. The van der Waals surface area contributed by atoms with E-state index < -0.39 is 24.9 Å². The van der Waals surface area contributed by atoms with Gasteiger partial charge in [-0.1, -0.05) is 5.16 Å². The Morgan fingerprint density at radius 3 is 2.80 bits per heavy atom. The largest absolute Gasteiger partial charge is 0.361 e. The molecule has 0 aromatic carbocycles. The van der Waals surface area contributed by atoms with Gasteiger partial charge in [0.05, 0.1) is 18.3 Å². The number of carbonyl (C=O) groups is 1. The Hall–Kier alpha value is -1.50. The molecule has 1 fully saturated rings.